The Hall–Kier alpha value is -2.34. The van der Waals surface area contributed by atoms with E-state index in [1.165, 1.54) is 0 Å². The minimum atomic E-state index is 0.105. The van der Waals surface area contributed by atoms with E-state index in [-0.39, 0.29) is 5.95 Å². The zero-order valence-electron chi connectivity index (χ0n) is 11.2. The molecule has 6 heteroatoms. The number of hydrogen-bond acceptors (Lipinski definition) is 6. The lowest BCUT2D eigenvalue weighted by Crippen LogP contribution is -2.10. The van der Waals surface area contributed by atoms with Gasteiger partial charge in [0.2, 0.25) is 11.8 Å². The van der Waals surface area contributed by atoms with Crippen molar-refractivity contribution in [2.24, 2.45) is 5.84 Å². The summed E-state index contributed by atoms with van der Waals surface area (Å²) in [5.41, 5.74) is 11.3. The highest BCUT2D eigenvalue weighted by Crippen LogP contribution is 2.30. The lowest BCUT2D eigenvalue weighted by atomic mass is 10.1. The van der Waals surface area contributed by atoms with E-state index in [1.54, 1.807) is 6.07 Å². The first kappa shape index (κ1) is 13.1. The molecule has 0 saturated heterocycles. The summed E-state index contributed by atoms with van der Waals surface area (Å²) in [6.45, 7) is 6.02. The average Bonchev–Trinajstić information content (AvgIpc) is 2.38. The summed E-state index contributed by atoms with van der Waals surface area (Å²) in [5.74, 6) is 6.96. The van der Waals surface area contributed by atoms with Gasteiger partial charge in [0, 0.05) is 6.07 Å². The summed E-state index contributed by atoms with van der Waals surface area (Å²) in [5, 5.41) is 0. The second-order valence-electron chi connectivity index (χ2n) is 4.35. The Morgan fingerprint density at radius 2 is 1.79 bits per heavy atom. The van der Waals surface area contributed by atoms with Crippen LogP contribution in [0, 0.1) is 20.8 Å². The third-order valence-electron chi connectivity index (χ3n) is 2.95. The van der Waals surface area contributed by atoms with E-state index in [0.717, 1.165) is 22.4 Å². The van der Waals surface area contributed by atoms with Gasteiger partial charge in [-0.15, -0.1) is 0 Å². The number of nitrogens with two attached hydrogens (primary N) is 2. The first-order valence-corrected chi connectivity index (χ1v) is 5.87. The molecule has 0 bridgehead atoms. The molecular formula is C13H17N5O. The van der Waals surface area contributed by atoms with Crippen molar-refractivity contribution in [1.29, 1.82) is 0 Å². The van der Waals surface area contributed by atoms with Crippen LogP contribution >= 0.6 is 0 Å². The molecule has 0 radical (unpaired) electrons. The smallest absolute Gasteiger partial charge is 0.226 e. The van der Waals surface area contributed by atoms with Gasteiger partial charge < -0.3 is 15.9 Å². The van der Waals surface area contributed by atoms with E-state index in [1.807, 2.05) is 26.8 Å². The number of aromatic nitrogens is 2. The predicted molar refractivity (Wildman–Crippen MR) is 75.0 cm³/mol. The number of ether oxygens (including phenoxy) is 1. The zero-order chi connectivity index (χ0) is 14.0. The molecule has 19 heavy (non-hydrogen) atoms. The monoisotopic (exact) mass is 259 g/mol. The second kappa shape index (κ2) is 5.11. The van der Waals surface area contributed by atoms with E-state index < -0.39 is 0 Å². The number of nitrogen functional groups attached to an aromatic ring is 2. The van der Waals surface area contributed by atoms with Crippen molar-refractivity contribution < 1.29 is 4.74 Å². The molecule has 0 atom stereocenters. The maximum absolute atomic E-state index is 5.82. The fraction of sp³-hybridized carbons (Fsp3) is 0.231. The third-order valence-corrected chi connectivity index (χ3v) is 2.95. The summed E-state index contributed by atoms with van der Waals surface area (Å²) >= 11 is 0. The van der Waals surface area contributed by atoms with Crippen molar-refractivity contribution in [2.75, 3.05) is 11.2 Å². The van der Waals surface area contributed by atoms with Crippen molar-refractivity contribution >= 4 is 11.8 Å². The first-order chi connectivity index (χ1) is 9.01. The van der Waals surface area contributed by atoms with Gasteiger partial charge in [0.25, 0.3) is 0 Å². The van der Waals surface area contributed by atoms with Crippen molar-refractivity contribution in [3.05, 3.63) is 34.9 Å². The molecule has 2 aromatic rings. The highest BCUT2D eigenvalue weighted by atomic mass is 16.5. The fourth-order valence-corrected chi connectivity index (χ4v) is 1.76. The van der Waals surface area contributed by atoms with Crippen LogP contribution in [0.1, 0.15) is 16.7 Å². The number of nitrogens with zero attached hydrogens (tertiary/aromatic N) is 2. The highest BCUT2D eigenvalue weighted by Gasteiger charge is 2.10. The Morgan fingerprint density at radius 3 is 2.47 bits per heavy atom. The Labute approximate surface area is 111 Å². The Kier molecular flexibility index (Phi) is 3.52. The molecule has 0 fully saturated rings. The molecule has 1 aromatic carbocycles. The number of hydrogen-bond donors (Lipinski definition) is 3. The van der Waals surface area contributed by atoms with E-state index >= 15 is 0 Å². The van der Waals surface area contributed by atoms with Crippen molar-refractivity contribution in [2.45, 2.75) is 20.8 Å². The predicted octanol–water partition coefficient (Wildman–Crippen LogP) is 2.06. The Morgan fingerprint density at radius 1 is 1.11 bits per heavy atom. The molecule has 0 unspecified atom stereocenters. The Balaban J connectivity index is 2.41. The standard InChI is InChI=1S/C13H17N5O/c1-7-4-5-8(2)12(9(7)3)19-11-6-10(18-15)16-13(14)17-11/h4-6H,15H2,1-3H3,(H3,14,16,17,18). The van der Waals surface area contributed by atoms with Crippen molar-refractivity contribution in [3.63, 3.8) is 0 Å². The number of benzene rings is 1. The molecule has 0 aliphatic rings. The molecule has 1 heterocycles. The van der Waals surface area contributed by atoms with Crippen LogP contribution in [-0.2, 0) is 0 Å². The van der Waals surface area contributed by atoms with Crippen LogP contribution in [0.2, 0.25) is 0 Å². The van der Waals surface area contributed by atoms with Gasteiger partial charge in [0.15, 0.2) is 0 Å². The van der Waals surface area contributed by atoms with Crippen LogP contribution in [-0.4, -0.2) is 9.97 Å². The van der Waals surface area contributed by atoms with Gasteiger partial charge in [-0.25, -0.2) is 5.84 Å². The molecule has 6 nitrogen and oxygen atoms in total. The van der Waals surface area contributed by atoms with Crippen molar-refractivity contribution in [1.82, 2.24) is 9.97 Å². The molecule has 2 rings (SSSR count). The van der Waals surface area contributed by atoms with E-state index in [2.05, 4.69) is 21.5 Å². The lowest BCUT2D eigenvalue weighted by molar-refractivity contribution is 0.455. The van der Waals surface area contributed by atoms with Crippen LogP contribution in [0.3, 0.4) is 0 Å². The van der Waals surface area contributed by atoms with E-state index in [9.17, 15) is 0 Å². The minimum absolute atomic E-state index is 0.105. The van der Waals surface area contributed by atoms with Crippen LogP contribution in [0.25, 0.3) is 0 Å². The van der Waals surface area contributed by atoms with E-state index in [0.29, 0.717) is 11.7 Å². The van der Waals surface area contributed by atoms with Gasteiger partial charge in [-0.3, -0.25) is 0 Å². The third kappa shape index (κ3) is 2.74. The van der Waals surface area contributed by atoms with Crippen LogP contribution in [0.4, 0.5) is 11.8 Å². The van der Waals surface area contributed by atoms with Crippen LogP contribution in [0.15, 0.2) is 18.2 Å². The summed E-state index contributed by atoms with van der Waals surface area (Å²) in [4.78, 5) is 7.94. The van der Waals surface area contributed by atoms with Crippen molar-refractivity contribution in [3.8, 4) is 11.6 Å². The van der Waals surface area contributed by atoms with Gasteiger partial charge in [-0.2, -0.15) is 9.97 Å². The minimum Gasteiger partial charge on any atom is -0.438 e. The second-order valence-corrected chi connectivity index (χ2v) is 4.35. The largest absolute Gasteiger partial charge is 0.438 e. The Bertz CT molecular complexity index is 612. The summed E-state index contributed by atoms with van der Waals surface area (Å²) in [6, 6.07) is 5.65. The van der Waals surface area contributed by atoms with Gasteiger partial charge in [-0.05, 0) is 37.5 Å². The normalized spacial score (nSPS) is 10.3. The van der Waals surface area contributed by atoms with Gasteiger partial charge in [0.1, 0.15) is 11.6 Å². The fourth-order valence-electron chi connectivity index (χ4n) is 1.76. The summed E-state index contributed by atoms with van der Waals surface area (Å²) in [6.07, 6.45) is 0. The molecule has 0 amide bonds. The number of aryl methyl sites for hydroxylation is 2. The molecule has 5 N–H and O–H groups in total. The number of anilines is 2. The SMILES string of the molecule is Cc1ccc(C)c(Oc2cc(NN)nc(N)n2)c1C. The molecule has 1 aromatic heterocycles. The number of hydrazine groups is 1. The molecule has 0 saturated carbocycles. The topological polar surface area (TPSA) is 99.1 Å². The molecule has 0 aliphatic carbocycles. The number of rotatable bonds is 3. The quantitative estimate of drug-likeness (QED) is 0.576. The average molecular weight is 259 g/mol. The number of nitrogens with one attached hydrogen (secondary N) is 1. The molecule has 0 spiro atoms. The maximum Gasteiger partial charge on any atom is 0.226 e. The first-order valence-electron chi connectivity index (χ1n) is 5.87. The van der Waals surface area contributed by atoms with Gasteiger partial charge in [0.05, 0.1) is 0 Å². The van der Waals surface area contributed by atoms with Gasteiger partial charge >= 0.3 is 0 Å². The van der Waals surface area contributed by atoms with E-state index in [4.69, 9.17) is 16.3 Å². The van der Waals surface area contributed by atoms with Crippen LogP contribution < -0.4 is 21.7 Å². The summed E-state index contributed by atoms with van der Waals surface area (Å²) < 4.78 is 5.82. The van der Waals surface area contributed by atoms with Crippen LogP contribution in [0.5, 0.6) is 11.6 Å². The lowest BCUT2D eigenvalue weighted by Gasteiger charge is -2.13. The maximum atomic E-state index is 5.82. The van der Waals surface area contributed by atoms with Gasteiger partial charge in [-0.1, -0.05) is 12.1 Å². The zero-order valence-corrected chi connectivity index (χ0v) is 11.2. The molecule has 0 aliphatic heterocycles. The summed E-state index contributed by atoms with van der Waals surface area (Å²) in [7, 11) is 0. The highest BCUT2D eigenvalue weighted by molar-refractivity contribution is 5.48. The molecular weight excluding hydrogens is 242 g/mol. The molecule has 100 valence electrons.